The molecule has 2 aliphatic rings. The minimum Gasteiger partial charge on any atom is -0.309 e. The molecule has 0 N–H and O–H groups in total. The van der Waals surface area contributed by atoms with Crippen LogP contribution in [0.4, 0.5) is 17.1 Å². The van der Waals surface area contributed by atoms with Crippen LogP contribution in [-0.2, 0) is 10.8 Å². The van der Waals surface area contributed by atoms with Gasteiger partial charge in [0.05, 0.1) is 11.4 Å². The van der Waals surface area contributed by atoms with Gasteiger partial charge in [-0.15, -0.1) is 315 Å². The number of anilines is 3. The van der Waals surface area contributed by atoms with Crippen LogP contribution in [0.3, 0.4) is 0 Å². The van der Waals surface area contributed by atoms with Gasteiger partial charge in [0.2, 0.25) is 0 Å². The Morgan fingerprint density at radius 3 is 0.786 bits per heavy atom. The van der Waals surface area contributed by atoms with Crippen molar-refractivity contribution in [1.82, 2.24) is 0 Å². The normalized spacial score (nSPS) is 15.0. The molecule has 10 rings (SSSR count). The molecule has 2 aliphatic carbocycles. The van der Waals surface area contributed by atoms with Crippen molar-refractivity contribution in [3.05, 3.63) is 174 Å². The van der Waals surface area contributed by atoms with E-state index in [-0.39, 0.29) is 234 Å². The van der Waals surface area contributed by atoms with E-state index in [9.17, 15) is 0 Å². The Morgan fingerprint density at radius 2 is 0.483 bits per heavy atom. The molecular weight excluding hydrogens is 3030 g/mol. The standard InChI is InChI=1S/C76H93NS.H69P67/c1-5-9-13-17-21-31-53-75(54-32-22-18-14-10-6-2)65-40-28-25-38-62(65)73-67(75)42-35-44-69(73)77(60-50-47-58(48-51-60)59-49-52-72-64(57-59)61-37-27-30-46-71(61)78-72)70-45-36-43-68-74(70)63-39-26-29-41-66(63)76(68,55-33-23-19-15-11-7-3)56-34-24-20-16-12-8-4;1-35-52(34)61(53(36(2)3)37(4)5)65(60(50(30)31)51(32)33)67(64(58(46(22)23)47(24)25)59(48(26)27)49(28)29)66(62(54(38(6)7)39(8)9)55(40(10)11)41(12)13)63(56(42(14)15)43(16)17)57(44(18)19)45(20)21/h25-30,35-52,57H,5-24,31-34,53-56H2,1-4H3;35H,1-34H2. The van der Waals surface area contributed by atoms with Crippen LogP contribution < -0.4 is 4.90 Å². The summed E-state index contributed by atoms with van der Waals surface area (Å²) < 4.78 is 2.71. The molecule has 812 valence electrons. The summed E-state index contributed by atoms with van der Waals surface area (Å²) in [5.74, 6) is 0. The van der Waals surface area contributed by atoms with Gasteiger partial charge in [0.15, 0.2) is 0 Å². The van der Waals surface area contributed by atoms with Crippen molar-refractivity contribution in [2.75, 3.05) is 4.90 Å². The summed E-state index contributed by atoms with van der Waals surface area (Å²) in [6.45, 7) is 0.942. The zero-order chi connectivity index (χ0) is 107. The highest BCUT2D eigenvalue weighted by Crippen LogP contribution is 3.50. The first-order valence-electron chi connectivity index (χ1n) is 47.1. The molecule has 39 unspecified atom stereocenters. The number of unbranched alkanes of at least 4 members (excludes halogenated alkanes) is 20. The molecule has 8 aromatic rings. The van der Waals surface area contributed by atoms with E-state index < -0.39 is 0 Å². The molecule has 0 saturated heterocycles. The minimum atomic E-state index is -0.328. The maximum absolute atomic E-state index is 3.78. The lowest BCUT2D eigenvalue weighted by Gasteiger charge is -2.61. The molecule has 0 spiro atoms. The Kier molecular flexibility index (Phi) is 83.8. The van der Waals surface area contributed by atoms with E-state index in [2.05, 4.69) is 488 Å². The molecule has 0 saturated carbocycles. The molecule has 145 heavy (non-hydrogen) atoms. The number of thiophene rings is 1. The van der Waals surface area contributed by atoms with E-state index in [1.165, 1.54) is 250 Å². The molecule has 7 aromatic carbocycles. The number of hydrogen-bond acceptors (Lipinski definition) is 2. The molecule has 1 heterocycles. The second-order valence-electron chi connectivity index (χ2n) is 34.5. The van der Waals surface area contributed by atoms with E-state index in [1.807, 2.05) is 11.3 Å². The van der Waals surface area contributed by atoms with E-state index in [1.54, 1.807) is 22.3 Å². The van der Waals surface area contributed by atoms with E-state index >= 15 is 0 Å². The van der Waals surface area contributed by atoms with Crippen molar-refractivity contribution < 1.29 is 0 Å². The number of nitrogens with zero attached hydrogens (tertiary/aromatic N) is 1. The van der Waals surface area contributed by atoms with Gasteiger partial charge in [-0.05, 0) is 336 Å². The molecule has 0 fully saturated rings. The quantitative estimate of drug-likeness (QED) is 0.0271. The van der Waals surface area contributed by atoms with Gasteiger partial charge in [0, 0.05) is 47.8 Å². The Bertz CT molecular complexity index is 4780. The van der Waals surface area contributed by atoms with Crippen LogP contribution in [-0.4, -0.2) is 0 Å². The largest absolute Gasteiger partial charge is 0.309 e. The highest BCUT2D eigenvalue weighted by Gasteiger charge is 2.63. The third-order valence-electron chi connectivity index (χ3n) is 24.6. The van der Waals surface area contributed by atoms with Crippen LogP contribution in [0.1, 0.15) is 230 Å². The summed E-state index contributed by atoms with van der Waals surface area (Å²) in [5, 5.41) is 2.71. The van der Waals surface area contributed by atoms with Crippen LogP contribution in [0.2, 0.25) is 0 Å². The first-order chi connectivity index (χ1) is 69.1. The predicted octanol–water partition coefficient (Wildman–Crippen LogP) is 64.0. The maximum atomic E-state index is 3.78. The molecule has 0 radical (unpaired) electrons. The maximum Gasteiger partial charge on any atom is 0.0543 e. The van der Waals surface area contributed by atoms with Gasteiger partial charge in [-0.1, -0.05) is 299 Å². The summed E-state index contributed by atoms with van der Waals surface area (Å²) in [6.07, 6.45) is 36.6. The summed E-state index contributed by atoms with van der Waals surface area (Å²) >= 11 is 1.90. The number of rotatable bonds is 64. The highest BCUT2D eigenvalue weighted by molar-refractivity contribution is 9.56. The third-order valence-corrected chi connectivity index (χ3v) is 495. The molecule has 69 heteroatoms. The Hall–Kier alpha value is 23.4. The predicted molar refractivity (Wildman–Crippen MR) is 904 cm³/mol. The van der Waals surface area contributed by atoms with Gasteiger partial charge < -0.3 is 4.90 Å². The zero-order valence-electron chi connectivity index (χ0n) is 83.0. The summed E-state index contributed by atoms with van der Waals surface area (Å²) in [5.41, 5.74) is 18.5. The van der Waals surface area contributed by atoms with Crippen molar-refractivity contribution >= 4 is 584 Å². The first-order valence-corrected chi connectivity index (χ1v) is 170. The van der Waals surface area contributed by atoms with Gasteiger partial charge in [0.25, 0.3) is 0 Å². The number of hydrogen-bond donors (Lipinski definition) is 0. The molecule has 0 bridgehead atoms. The fourth-order valence-corrected chi connectivity index (χ4v) is 991. The van der Waals surface area contributed by atoms with Crippen LogP contribution in [0.25, 0.3) is 53.6 Å². The van der Waals surface area contributed by atoms with E-state index in [0.29, 0.717) is 0 Å². The van der Waals surface area contributed by atoms with Gasteiger partial charge in [-0.2, -0.15) is 0 Å². The van der Waals surface area contributed by atoms with Gasteiger partial charge >= 0.3 is 0 Å². The Labute approximate surface area is 1000 Å². The molecule has 0 aliphatic heterocycles. The Morgan fingerprint density at radius 1 is 0.234 bits per heavy atom. The zero-order valence-corrected chi connectivity index (χ0v) is 153. The van der Waals surface area contributed by atoms with E-state index in [0.717, 1.165) is 7.96 Å². The number of fused-ring (bicyclic) bond motifs is 9. The minimum absolute atomic E-state index is 0.00784. The smallest absolute Gasteiger partial charge is 0.0543 e. The van der Waals surface area contributed by atoms with Crippen molar-refractivity contribution in [2.24, 2.45) is 0 Å². The summed E-state index contributed by atoms with van der Waals surface area (Å²) in [4.78, 5) is 2.74. The summed E-state index contributed by atoms with van der Waals surface area (Å²) in [6, 6.07) is 60.1. The van der Waals surface area contributed by atoms with Gasteiger partial charge in [0.1, 0.15) is 0 Å². The lowest BCUT2D eigenvalue weighted by atomic mass is 9.70. The first kappa shape index (κ1) is 152. The molecule has 1 aromatic heterocycles. The average Bonchev–Trinajstić information content (AvgIpc) is 1.58. The fourth-order valence-electron chi connectivity index (χ4n) is 18.6. The SMILES string of the molecule is CCCCCCCCC1(CCCCCCCC)c2ccccc2-c2c(N(c3ccc(-c4ccc5sc6ccccc6c5c4)cc3)c3cccc4c3-c3ccccc3C4(CCCCCCCC)CCCCCCCC)cccc21.PPP(P)P(P(P(P)P)P(P)P)P(P(P(P)P)P(P)P)P(P(P(P(P)P)P(P)P)P(P(P)P)P(P)P)P(P(P(P(P)P)P(P)P)P(P(P)P)P(P)P)P(P(P(P)P)P(P)P)P(P(P)P)P(P)P. The molecule has 39 atom stereocenters. The molecular formula is C76H162NP67S. The van der Waals surface area contributed by atoms with Crippen LogP contribution in [0.15, 0.2) is 152 Å². The average molecular weight is 3200 g/mol. The topological polar surface area (TPSA) is 3.24 Å². The van der Waals surface area contributed by atoms with Crippen LogP contribution in [0, 0.1) is 0 Å². The Balaban J connectivity index is 0.000000328. The second-order valence-corrected chi connectivity index (χ2v) is 311. The number of benzene rings is 7. The highest BCUT2D eigenvalue weighted by atomic mass is 33.6. The van der Waals surface area contributed by atoms with Crippen molar-refractivity contribution in [2.45, 2.75) is 218 Å². The van der Waals surface area contributed by atoms with Crippen molar-refractivity contribution in [3.8, 4) is 33.4 Å². The lowest BCUT2D eigenvalue weighted by molar-refractivity contribution is 0.398. The van der Waals surface area contributed by atoms with Crippen LogP contribution >= 0.6 is 546 Å². The van der Waals surface area contributed by atoms with Gasteiger partial charge in [-0.25, -0.2) is 0 Å². The van der Waals surface area contributed by atoms with Crippen LogP contribution in [0.5, 0.6) is 0 Å². The second kappa shape index (κ2) is 80.2. The van der Waals surface area contributed by atoms with E-state index in [4.69, 9.17) is 0 Å². The molecule has 0 amide bonds. The third kappa shape index (κ3) is 43.2. The van der Waals surface area contributed by atoms with Crippen molar-refractivity contribution in [3.63, 3.8) is 0 Å². The van der Waals surface area contributed by atoms with Gasteiger partial charge in [-0.3, -0.25) is 0 Å². The molecule has 1 nitrogen and oxygen atoms in total. The lowest BCUT2D eigenvalue weighted by Crippen LogP contribution is -2.26. The monoisotopic (exact) mass is 3200 g/mol. The fraction of sp³-hybridized carbons (Fsp3) is 0.447. The summed E-state index contributed by atoms with van der Waals surface area (Å²) in [7, 11) is 124. The van der Waals surface area contributed by atoms with Crippen molar-refractivity contribution in [1.29, 1.82) is 0 Å².